The monoisotopic (exact) mass is 329 g/mol. The fourth-order valence-electron chi connectivity index (χ4n) is 2.63. The van der Waals surface area contributed by atoms with Gasteiger partial charge in [0.1, 0.15) is 6.54 Å². The van der Waals surface area contributed by atoms with Gasteiger partial charge in [-0.05, 0) is 25.0 Å². The number of carbonyl (C=O) groups is 2. The molecular formula is C15H17Cl2NO3. The molecule has 0 N–H and O–H groups in total. The van der Waals surface area contributed by atoms with Crippen molar-refractivity contribution in [3.05, 3.63) is 33.8 Å². The van der Waals surface area contributed by atoms with E-state index in [0.717, 1.165) is 25.7 Å². The molecule has 0 bridgehead atoms. The van der Waals surface area contributed by atoms with Crippen LogP contribution in [0.2, 0.25) is 10.0 Å². The maximum absolute atomic E-state index is 12.8. The topological polar surface area (TPSA) is 46.6 Å². The molecular weight excluding hydrogens is 313 g/mol. The fourth-order valence-corrected chi connectivity index (χ4v) is 3.19. The van der Waals surface area contributed by atoms with Crippen LogP contribution in [0.4, 0.5) is 0 Å². The highest BCUT2D eigenvalue weighted by Crippen LogP contribution is 2.30. The third-order valence-corrected chi connectivity index (χ3v) is 4.36. The molecule has 1 saturated carbocycles. The average Bonchev–Trinajstić information content (AvgIpc) is 2.97. The van der Waals surface area contributed by atoms with Gasteiger partial charge in [-0.2, -0.15) is 0 Å². The van der Waals surface area contributed by atoms with E-state index in [1.54, 1.807) is 18.2 Å². The number of amides is 1. The summed E-state index contributed by atoms with van der Waals surface area (Å²) < 4.78 is 4.69. The molecule has 1 aromatic rings. The normalized spacial score (nSPS) is 15.0. The number of nitrogens with zero attached hydrogens (tertiary/aromatic N) is 1. The molecule has 0 aliphatic heterocycles. The number of carbonyl (C=O) groups excluding carboxylic acids is 2. The van der Waals surface area contributed by atoms with Crippen molar-refractivity contribution < 1.29 is 14.3 Å². The summed E-state index contributed by atoms with van der Waals surface area (Å²) in [6.45, 7) is -0.0818. The second kappa shape index (κ2) is 7.14. The van der Waals surface area contributed by atoms with Crippen molar-refractivity contribution >= 4 is 35.1 Å². The molecule has 0 atom stereocenters. The smallest absolute Gasteiger partial charge is 0.325 e. The first kappa shape index (κ1) is 16.1. The number of esters is 1. The molecule has 0 spiro atoms. The molecule has 0 unspecified atom stereocenters. The first-order valence-corrected chi connectivity index (χ1v) is 7.62. The van der Waals surface area contributed by atoms with Crippen molar-refractivity contribution in [2.24, 2.45) is 0 Å². The van der Waals surface area contributed by atoms with Crippen molar-refractivity contribution in [1.29, 1.82) is 0 Å². The van der Waals surface area contributed by atoms with Gasteiger partial charge >= 0.3 is 5.97 Å². The number of hydrogen-bond donors (Lipinski definition) is 0. The van der Waals surface area contributed by atoms with Crippen LogP contribution in [0.1, 0.15) is 36.0 Å². The lowest BCUT2D eigenvalue weighted by Crippen LogP contribution is -2.42. The van der Waals surface area contributed by atoms with E-state index < -0.39 is 5.97 Å². The number of rotatable bonds is 4. The minimum absolute atomic E-state index is 0.0314. The zero-order chi connectivity index (χ0) is 15.4. The third-order valence-electron chi connectivity index (χ3n) is 3.73. The predicted molar refractivity (Wildman–Crippen MR) is 81.8 cm³/mol. The van der Waals surface area contributed by atoms with Crippen molar-refractivity contribution in [3.63, 3.8) is 0 Å². The quantitative estimate of drug-likeness (QED) is 0.793. The Morgan fingerprint density at radius 2 is 1.81 bits per heavy atom. The summed E-state index contributed by atoms with van der Waals surface area (Å²) >= 11 is 12.2. The van der Waals surface area contributed by atoms with Gasteiger partial charge in [0, 0.05) is 6.04 Å². The molecule has 2 rings (SSSR count). The zero-order valence-electron chi connectivity index (χ0n) is 11.8. The molecule has 1 fully saturated rings. The Morgan fingerprint density at radius 1 is 1.24 bits per heavy atom. The maximum atomic E-state index is 12.8. The average molecular weight is 330 g/mol. The summed E-state index contributed by atoms with van der Waals surface area (Å²) in [6, 6.07) is 4.95. The van der Waals surface area contributed by atoms with Crippen LogP contribution in [-0.4, -0.2) is 36.5 Å². The van der Waals surface area contributed by atoms with Gasteiger partial charge in [-0.15, -0.1) is 0 Å². The van der Waals surface area contributed by atoms with Crippen LogP contribution < -0.4 is 0 Å². The van der Waals surface area contributed by atoms with Gasteiger partial charge in [0.2, 0.25) is 0 Å². The summed E-state index contributed by atoms with van der Waals surface area (Å²) in [7, 11) is 1.31. The van der Waals surface area contributed by atoms with Crippen LogP contribution in [-0.2, 0) is 9.53 Å². The maximum Gasteiger partial charge on any atom is 0.325 e. The van der Waals surface area contributed by atoms with Crippen LogP contribution >= 0.6 is 23.2 Å². The molecule has 0 radical (unpaired) electrons. The van der Waals surface area contributed by atoms with Crippen molar-refractivity contribution in [2.45, 2.75) is 31.7 Å². The number of ether oxygens (including phenoxy) is 1. The summed E-state index contributed by atoms with van der Waals surface area (Å²) in [5, 5.41) is 0.584. The van der Waals surface area contributed by atoms with E-state index in [-0.39, 0.29) is 24.1 Å². The van der Waals surface area contributed by atoms with Gasteiger partial charge in [0.25, 0.3) is 5.91 Å². The van der Waals surface area contributed by atoms with Crippen LogP contribution in [0.3, 0.4) is 0 Å². The lowest BCUT2D eigenvalue weighted by atomic mass is 10.1. The van der Waals surface area contributed by atoms with Gasteiger partial charge < -0.3 is 9.64 Å². The highest BCUT2D eigenvalue weighted by atomic mass is 35.5. The van der Waals surface area contributed by atoms with Crippen molar-refractivity contribution in [2.75, 3.05) is 13.7 Å². The van der Waals surface area contributed by atoms with Gasteiger partial charge in [-0.3, -0.25) is 9.59 Å². The van der Waals surface area contributed by atoms with Crippen LogP contribution in [0.15, 0.2) is 18.2 Å². The van der Waals surface area contributed by atoms with Crippen LogP contribution in [0.25, 0.3) is 0 Å². The molecule has 1 amide bonds. The first-order chi connectivity index (χ1) is 10.0. The van der Waals surface area contributed by atoms with E-state index in [2.05, 4.69) is 4.74 Å². The number of benzene rings is 1. The van der Waals surface area contributed by atoms with Crippen LogP contribution in [0, 0.1) is 0 Å². The van der Waals surface area contributed by atoms with E-state index in [1.165, 1.54) is 12.0 Å². The molecule has 114 valence electrons. The Kier molecular flexibility index (Phi) is 5.48. The van der Waals surface area contributed by atoms with E-state index in [4.69, 9.17) is 23.2 Å². The van der Waals surface area contributed by atoms with E-state index >= 15 is 0 Å². The molecule has 21 heavy (non-hydrogen) atoms. The highest BCUT2D eigenvalue weighted by Gasteiger charge is 2.31. The molecule has 1 aromatic carbocycles. The zero-order valence-corrected chi connectivity index (χ0v) is 13.3. The Morgan fingerprint density at radius 3 is 2.33 bits per heavy atom. The Balaban J connectivity index is 2.30. The molecule has 1 aliphatic carbocycles. The summed E-state index contributed by atoms with van der Waals surface area (Å²) in [5.41, 5.74) is 0.247. The molecule has 4 nitrogen and oxygen atoms in total. The van der Waals surface area contributed by atoms with Gasteiger partial charge in [-0.25, -0.2) is 0 Å². The Hall–Kier alpha value is -1.26. The molecule has 1 aliphatic rings. The van der Waals surface area contributed by atoms with Gasteiger partial charge in [-0.1, -0.05) is 42.1 Å². The highest BCUT2D eigenvalue weighted by molar-refractivity contribution is 6.39. The summed E-state index contributed by atoms with van der Waals surface area (Å²) in [4.78, 5) is 25.9. The molecule has 0 saturated heterocycles. The van der Waals surface area contributed by atoms with Gasteiger partial charge in [0.15, 0.2) is 0 Å². The largest absolute Gasteiger partial charge is 0.468 e. The Labute approximate surface area is 134 Å². The van der Waals surface area contributed by atoms with Crippen molar-refractivity contribution in [1.82, 2.24) is 4.90 Å². The second-order valence-corrected chi connectivity index (χ2v) is 5.86. The number of hydrogen-bond acceptors (Lipinski definition) is 3. The number of halogens is 2. The van der Waals surface area contributed by atoms with E-state index in [0.29, 0.717) is 10.0 Å². The van der Waals surface area contributed by atoms with Gasteiger partial charge in [0.05, 0.1) is 22.7 Å². The fraction of sp³-hybridized carbons (Fsp3) is 0.467. The van der Waals surface area contributed by atoms with Crippen LogP contribution in [0.5, 0.6) is 0 Å². The van der Waals surface area contributed by atoms with E-state index in [9.17, 15) is 9.59 Å². The standard InChI is InChI=1S/C15H17Cl2NO3/c1-21-13(19)9-18(10-5-2-3-6-10)15(20)14-11(16)7-4-8-12(14)17/h4,7-8,10H,2-3,5-6,9H2,1H3. The summed E-state index contributed by atoms with van der Waals surface area (Å²) in [5.74, 6) is -0.763. The SMILES string of the molecule is COC(=O)CN(C(=O)c1c(Cl)cccc1Cl)C1CCCC1. The third kappa shape index (κ3) is 3.69. The van der Waals surface area contributed by atoms with Crippen molar-refractivity contribution in [3.8, 4) is 0 Å². The Bertz CT molecular complexity index is 521. The predicted octanol–water partition coefficient (Wildman–Crippen LogP) is 3.55. The van der Waals surface area contributed by atoms with E-state index in [1.807, 2.05) is 0 Å². The second-order valence-electron chi connectivity index (χ2n) is 5.04. The number of methoxy groups -OCH3 is 1. The lowest BCUT2D eigenvalue weighted by Gasteiger charge is -2.28. The first-order valence-electron chi connectivity index (χ1n) is 6.86. The lowest BCUT2D eigenvalue weighted by molar-refractivity contribution is -0.141. The molecule has 6 heteroatoms. The minimum Gasteiger partial charge on any atom is -0.468 e. The summed E-state index contributed by atoms with van der Waals surface area (Å²) in [6.07, 6.45) is 3.85. The minimum atomic E-state index is -0.446. The molecule has 0 aromatic heterocycles. The molecule has 0 heterocycles.